The van der Waals surface area contributed by atoms with Crippen molar-refractivity contribution in [2.45, 2.75) is 232 Å². The van der Waals surface area contributed by atoms with E-state index >= 15 is 0 Å². The Kier molecular flexibility index (Phi) is 31.6. The molecule has 0 amide bonds. The van der Waals surface area contributed by atoms with E-state index in [1.165, 1.54) is 25.7 Å². The first-order valence-corrected chi connectivity index (χ1v) is 46.6. The molecule has 0 saturated heterocycles. The van der Waals surface area contributed by atoms with Crippen LogP contribution in [0.5, 0.6) is 0 Å². The summed E-state index contributed by atoms with van der Waals surface area (Å²) in [4.78, 5) is 70.2. The Labute approximate surface area is 664 Å². The van der Waals surface area contributed by atoms with Crippen molar-refractivity contribution in [1.29, 1.82) is 0 Å². The van der Waals surface area contributed by atoms with Crippen molar-refractivity contribution >= 4 is 96.5 Å². The second kappa shape index (κ2) is 37.3. The largest absolute Gasteiger partial charge is 0.458 e. The summed E-state index contributed by atoms with van der Waals surface area (Å²) in [5.74, 6) is -2.05. The molecule has 8 bridgehead atoms. The number of halogens is 12. The van der Waals surface area contributed by atoms with Gasteiger partial charge in [0, 0.05) is 0 Å². The molecule has 6 N–H and O–H groups in total. The SMILES string of the molecule is CC1(C)C2CCC1(C)C(C(=O)OCC(F)(F)S(=O)(=O)O)C2.O=C(OCC(F)(F)S(=O)(=O)O)C1CC2CC1C1C3CCC(C3)C21.O=C(OCC(F)(F)S(=O)(=O)O)C1CC2CCC1C2.O=C(OCC(F)(F)S(=O)(=O)O)C1CCC2CCCCC2C1.O=C(OCC(F)(F)S(=O)(=O)O)C1CCCC1.O=C(OCC(F)(F)S(=O)(=O)O)C1CCCCC1. The molecule has 12 aliphatic rings. The molecule has 0 aromatic carbocycles. The summed E-state index contributed by atoms with van der Waals surface area (Å²) in [6.45, 7) is -3.72. The van der Waals surface area contributed by atoms with Gasteiger partial charge in [-0.15, -0.1) is 0 Å². The molecule has 0 heterocycles. The smallest absolute Gasteiger partial charge is 0.402 e. The summed E-state index contributed by atoms with van der Waals surface area (Å²) in [6.07, 6.45) is 24.4. The highest BCUT2D eigenvalue weighted by molar-refractivity contribution is 7.88. The Morgan fingerprint density at radius 2 is 0.655 bits per heavy atom. The van der Waals surface area contributed by atoms with Gasteiger partial charge in [0.25, 0.3) is 0 Å². The van der Waals surface area contributed by atoms with E-state index in [1.807, 2.05) is 6.92 Å². The first-order valence-electron chi connectivity index (χ1n) is 38.0. The third kappa shape index (κ3) is 23.6. The van der Waals surface area contributed by atoms with Crippen LogP contribution in [0, 0.1) is 111 Å². The van der Waals surface area contributed by atoms with Gasteiger partial charge in [0.05, 0.1) is 35.5 Å². The maximum absolute atomic E-state index is 13.2. The normalized spacial score (nSPS) is 31.0. The van der Waals surface area contributed by atoms with Crippen LogP contribution in [0.2, 0.25) is 0 Å². The molecule has 16 unspecified atom stereocenters. The van der Waals surface area contributed by atoms with E-state index in [2.05, 4.69) is 42.3 Å². The van der Waals surface area contributed by atoms with Crippen LogP contribution in [0.4, 0.5) is 52.7 Å². The molecular formula is C68H100F12O30S6. The van der Waals surface area contributed by atoms with Gasteiger partial charge in [0.15, 0.2) is 39.6 Å². The van der Waals surface area contributed by atoms with Crippen molar-refractivity contribution in [3.05, 3.63) is 0 Å². The number of carbonyl (C=O) groups is 6. The third-order valence-corrected chi connectivity index (χ3v) is 31.5. The number of rotatable bonds is 24. The summed E-state index contributed by atoms with van der Waals surface area (Å²) in [5, 5.41) is -26.7. The molecule has 30 nitrogen and oxygen atoms in total. The van der Waals surface area contributed by atoms with Gasteiger partial charge in [-0.2, -0.15) is 103 Å². The number of carbonyl (C=O) groups excluding carboxylic acids is 6. The fourth-order valence-electron chi connectivity index (χ4n) is 19.6. The molecule has 0 aromatic rings. The lowest BCUT2D eigenvalue weighted by Crippen LogP contribution is -2.40. The minimum absolute atomic E-state index is 0.0811. The van der Waals surface area contributed by atoms with Crippen molar-refractivity contribution < 1.29 is 188 Å². The Hall–Kier alpha value is -4.56. The lowest BCUT2D eigenvalue weighted by atomic mass is 9.67. The van der Waals surface area contributed by atoms with E-state index in [4.69, 9.17) is 27.3 Å². The van der Waals surface area contributed by atoms with Gasteiger partial charge in [-0.05, 0) is 192 Å². The Bertz CT molecular complexity index is 4220. The number of hydrogen-bond acceptors (Lipinski definition) is 24. The van der Waals surface area contributed by atoms with E-state index in [0.29, 0.717) is 105 Å². The molecule has 0 spiro atoms. The molecule has 48 heteroatoms. The van der Waals surface area contributed by atoms with E-state index in [0.717, 1.165) is 102 Å². The number of hydrogen-bond donors (Lipinski definition) is 6. The van der Waals surface area contributed by atoms with E-state index < -0.39 is 203 Å². The predicted molar refractivity (Wildman–Crippen MR) is 375 cm³/mol. The molecule has 672 valence electrons. The van der Waals surface area contributed by atoms with Gasteiger partial charge in [0.1, 0.15) is 0 Å². The van der Waals surface area contributed by atoms with E-state index in [-0.39, 0.29) is 22.7 Å². The summed E-state index contributed by atoms with van der Waals surface area (Å²) < 4.78 is 356. The monoisotopic (exact) mass is 1820 g/mol. The molecular weight excluding hydrogens is 1720 g/mol. The van der Waals surface area contributed by atoms with Crippen LogP contribution >= 0.6 is 0 Å². The molecule has 0 aromatic heterocycles. The standard InChI is InChI=1S/C15H20F2O5S.2C13H20F2O5S.C10H14F2O5S.C9H14F2O5S.C8H12F2O5S/c16-15(17,23(19,20)21)6-22-14(18)11-5-9-4-10(11)13-8-2-1-7(3-8)12(9)13;1-11(2)8-4-5-12(11,3)9(6-8)10(16)20-7-13(14,15)21(17,18)19;14-13(15,21(17,18)19)8-20-12(16)11-6-5-9-3-1-2-4-10(9)7-11;11-10(12,18(14,15)16)5-17-9(13)8-4-6-1-2-7(8)3-6;10-9(11,17(13,14)15)6-16-8(12)7-4-2-1-3-5-7;9-8(10,16(12,13)14)5-15-7(11)6-3-1-2-4-6/h7-13H,1-6H2,(H,19,20,21);8-9H,4-7H2,1-3H3,(H,17,18,19);9-11H,1-8H2,(H,17,18,19);6-8H,1-5H2,(H,14,15,16);7H,1-6H2,(H,13,14,15);6H,1-5H2,(H,12,13,14). The Morgan fingerprint density at radius 1 is 0.310 bits per heavy atom. The number of esters is 6. The van der Waals surface area contributed by atoms with Crippen molar-refractivity contribution in [2.75, 3.05) is 39.6 Å². The molecule has 12 saturated carbocycles. The molecule has 116 heavy (non-hydrogen) atoms. The maximum atomic E-state index is 13.2. The summed E-state index contributed by atoms with van der Waals surface area (Å²) in [6, 6.07) is 0. The highest BCUT2D eigenvalue weighted by atomic mass is 32.2. The molecule has 16 atom stereocenters. The molecule has 0 aliphatic heterocycles. The second-order valence-corrected chi connectivity index (χ2v) is 42.7. The highest BCUT2D eigenvalue weighted by Crippen LogP contribution is 2.70. The van der Waals surface area contributed by atoms with Gasteiger partial charge in [-0.1, -0.05) is 85.0 Å². The van der Waals surface area contributed by atoms with E-state index in [9.17, 15) is 132 Å². The van der Waals surface area contributed by atoms with Crippen molar-refractivity contribution in [3.8, 4) is 0 Å². The third-order valence-electron chi connectivity index (χ3n) is 26.2. The first kappa shape index (κ1) is 98.6. The van der Waals surface area contributed by atoms with Gasteiger partial charge in [0.2, 0.25) is 0 Å². The molecule has 12 fully saturated rings. The summed E-state index contributed by atoms with van der Waals surface area (Å²) in [5.41, 5.74) is -0.412. The van der Waals surface area contributed by atoms with Crippen LogP contribution < -0.4 is 0 Å². The van der Waals surface area contributed by atoms with Crippen LogP contribution in [0.25, 0.3) is 0 Å². The van der Waals surface area contributed by atoms with Crippen LogP contribution in [0.1, 0.15) is 201 Å². The zero-order valence-corrected chi connectivity index (χ0v) is 68.2. The minimum Gasteiger partial charge on any atom is -0.458 e. The lowest BCUT2D eigenvalue weighted by Gasteiger charge is -2.38. The molecule has 12 aliphatic carbocycles. The van der Waals surface area contributed by atoms with Crippen molar-refractivity contribution in [3.63, 3.8) is 0 Å². The van der Waals surface area contributed by atoms with Gasteiger partial charge in [-0.25, -0.2) is 0 Å². The Balaban J connectivity index is 0.000000193. The van der Waals surface area contributed by atoms with Crippen LogP contribution in [0.15, 0.2) is 0 Å². The lowest BCUT2D eigenvalue weighted by molar-refractivity contribution is -0.160. The van der Waals surface area contributed by atoms with Gasteiger partial charge >= 0.3 is 128 Å². The molecule has 12 rings (SSSR count). The minimum atomic E-state index is -5.58. The van der Waals surface area contributed by atoms with Gasteiger partial charge < -0.3 is 28.4 Å². The highest BCUT2D eigenvalue weighted by Gasteiger charge is 2.66. The average Bonchev–Trinajstić information content (AvgIpc) is 1.56. The summed E-state index contributed by atoms with van der Waals surface area (Å²) >= 11 is 0. The number of alkyl halides is 12. The fraction of sp³-hybridized carbons (Fsp3) is 0.912. The fourth-order valence-corrected chi connectivity index (χ4v) is 20.8. The quantitative estimate of drug-likeness (QED) is 0.0172. The van der Waals surface area contributed by atoms with Gasteiger partial charge in [-0.3, -0.25) is 56.1 Å². The zero-order valence-electron chi connectivity index (χ0n) is 63.3. The Morgan fingerprint density at radius 3 is 1.03 bits per heavy atom. The van der Waals surface area contributed by atoms with Crippen molar-refractivity contribution in [1.82, 2.24) is 0 Å². The topological polar surface area (TPSA) is 484 Å². The summed E-state index contributed by atoms with van der Waals surface area (Å²) in [7, 11) is -33.3. The number of ether oxygens (including phenoxy) is 6. The van der Waals surface area contributed by atoms with Crippen LogP contribution in [0.3, 0.4) is 0 Å². The zero-order chi connectivity index (χ0) is 87.6. The molecule has 0 radical (unpaired) electrons. The average molecular weight is 1820 g/mol. The van der Waals surface area contributed by atoms with Crippen molar-refractivity contribution in [2.24, 2.45) is 111 Å². The number of fused-ring (bicyclic) bond motifs is 14. The van der Waals surface area contributed by atoms with Crippen LogP contribution in [-0.4, -0.2) is 185 Å². The predicted octanol–water partition coefficient (Wildman–Crippen LogP) is 11.7. The maximum Gasteiger partial charge on any atom is 0.402 e. The second-order valence-electron chi connectivity index (χ2n) is 33.4. The first-order chi connectivity index (χ1) is 52.9. The van der Waals surface area contributed by atoms with E-state index in [1.54, 1.807) is 0 Å². The van der Waals surface area contributed by atoms with Crippen LogP contribution in [-0.2, 0) is 118 Å².